The summed E-state index contributed by atoms with van der Waals surface area (Å²) in [5.41, 5.74) is 6.46. The van der Waals surface area contributed by atoms with Crippen LogP contribution in [0.25, 0.3) is 11.3 Å². The van der Waals surface area contributed by atoms with Crippen LogP contribution in [0.15, 0.2) is 22.1 Å². The number of rotatable bonds is 3. The normalized spacial score (nSPS) is 10.9. The zero-order chi connectivity index (χ0) is 13.3. The van der Waals surface area contributed by atoms with Gasteiger partial charge in [0.1, 0.15) is 16.4 Å². The average Bonchev–Trinajstić information content (AvgIpc) is 2.60. The first-order chi connectivity index (χ1) is 8.47. The minimum absolute atomic E-state index is 0.0149. The van der Waals surface area contributed by atoms with Crippen molar-refractivity contribution >= 4 is 43.9 Å². The number of benzene rings is 1. The largest absolute Gasteiger partial charge is 0.434 e. The Hall–Kier alpha value is -0.920. The SMILES string of the molecule is Nc1sc(Br)nc1-c1cc(Cl)ccc1OC(F)F. The monoisotopic (exact) mass is 354 g/mol. The average molecular weight is 356 g/mol. The lowest BCUT2D eigenvalue weighted by Crippen LogP contribution is -2.03. The van der Waals surface area contributed by atoms with Gasteiger partial charge in [0.05, 0.1) is 0 Å². The minimum atomic E-state index is -2.92. The van der Waals surface area contributed by atoms with Crippen molar-refractivity contribution in [2.24, 2.45) is 0 Å². The summed E-state index contributed by atoms with van der Waals surface area (Å²) < 4.78 is 29.6. The van der Waals surface area contributed by atoms with Gasteiger partial charge in [-0.15, -0.1) is 0 Å². The molecule has 3 nitrogen and oxygen atoms in total. The number of ether oxygens (including phenoxy) is 1. The fraction of sp³-hybridized carbons (Fsp3) is 0.100. The molecule has 0 amide bonds. The highest BCUT2D eigenvalue weighted by molar-refractivity contribution is 9.11. The van der Waals surface area contributed by atoms with E-state index in [0.29, 0.717) is 25.2 Å². The van der Waals surface area contributed by atoms with Crippen LogP contribution in [0, 0.1) is 0 Å². The van der Waals surface area contributed by atoms with Crippen molar-refractivity contribution in [1.82, 2.24) is 4.98 Å². The molecule has 18 heavy (non-hydrogen) atoms. The van der Waals surface area contributed by atoms with Crippen molar-refractivity contribution in [2.75, 3.05) is 5.73 Å². The molecule has 0 spiro atoms. The number of nitrogens with two attached hydrogens (primary N) is 1. The molecule has 0 atom stereocenters. The van der Waals surface area contributed by atoms with Gasteiger partial charge in [-0.05, 0) is 34.1 Å². The highest BCUT2D eigenvalue weighted by atomic mass is 79.9. The summed E-state index contributed by atoms with van der Waals surface area (Å²) in [5.74, 6) is -0.0149. The van der Waals surface area contributed by atoms with E-state index in [4.69, 9.17) is 17.3 Å². The van der Waals surface area contributed by atoms with Crippen LogP contribution in [0.4, 0.5) is 13.8 Å². The van der Waals surface area contributed by atoms with Crippen molar-refractivity contribution in [3.05, 3.63) is 27.1 Å². The summed E-state index contributed by atoms with van der Waals surface area (Å²) in [5, 5.41) is 0.776. The Morgan fingerprint density at radius 2 is 2.17 bits per heavy atom. The molecular formula is C10H6BrClF2N2OS. The topological polar surface area (TPSA) is 48.1 Å². The predicted molar refractivity (Wildman–Crippen MR) is 71.3 cm³/mol. The van der Waals surface area contributed by atoms with E-state index in [-0.39, 0.29) is 5.75 Å². The number of thiazole rings is 1. The maximum Gasteiger partial charge on any atom is 0.387 e. The molecule has 1 heterocycles. The van der Waals surface area contributed by atoms with E-state index in [9.17, 15) is 8.78 Å². The van der Waals surface area contributed by atoms with Crippen molar-refractivity contribution in [3.63, 3.8) is 0 Å². The van der Waals surface area contributed by atoms with Crippen LogP contribution in [0.2, 0.25) is 5.02 Å². The number of alkyl halides is 2. The summed E-state index contributed by atoms with van der Waals surface area (Å²) in [6, 6.07) is 4.30. The summed E-state index contributed by atoms with van der Waals surface area (Å²) in [7, 11) is 0. The molecule has 1 aromatic heterocycles. The Morgan fingerprint density at radius 1 is 1.44 bits per heavy atom. The van der Waals surface area contributed by atoms with Crippen molar-refractivity contribution in [2.45, 2.75) is 6.61 Å². The Morgan fingerprint density at radius 3 is 2.72 bits per heavy atom. The predicted octanol–water partition coefficient (Wildman–Crippen LogP) is 4.41. The molecule has 0 fully saturated rings. The summed E-state index contributed by atoms with van der Waals surface area (Å²) in [4.78, 5) is 4.12. The molecule has 0 bridgehead atoms. The van der Waals surface area contributed by atoms with E-state index >= 15 is 0 Å². The van der Waals surface area contributed by atoms with Crippen molar-refractivity contribution in [3.8, 4) is 17.0 Å². The molecule has 0 saturated heterocycles. The van der Waals surface area contributed by atoms with E-state index in [2.05, 4.69) is 25.7 Å². The van der Waals surface area contributed by atoms with Gasteiger partial charge in [-0.2, -0.15) is 8.78 Å². The van der Waals surface area contributed by atoms with E-state index in [1.807, 2.05) is 0 Å². The van der Waals surface area contributed by atoms with Crippen LogP contribution in [0.1, 0.15) is 0 Å². The molecule has 2 aromatic rings. The number of nitrogens with zero attached hydrogens (tertiary/aromatic N) is 1. The van der Waals surface area contributed by atoms with Gasteiger partial charge in [0, 0.05) is 10.6 Å². The van der Waals surface area contributed by atoms with Gasteiger partial charge in [-0.1, -0.05) is 22.9 Å². The molecular weight excluding hydrogens is 350 g/mol. The van der Waals surface area contributed by atoms with Gasteiger partial charge >= 0.3 is 6.61 Å². The Balaban J connectivity index is 2.54. The Kier molecular flexibility index (Phi) is 4.04. The number of halogens is 4. The number of hydrogen-bond donors (Lipinski definition) is 1. The van der Waals surface area contributed by atoms with Gasteiger partial charge in [0.15, 0.2) is 3.92 Å². The second-order valence-corrected chi connectivity index (χ2v) is 5.94. The van der Waals surface area contributed by atoms with Crippen LogP contribution in [-0.4, -0.2) is 11.6 Å². The minimum Gasteiger partial charge on any atom is -0.434 e. The van der Waals surface area contributed by atoms with Gasteiger partial charge in [0.2, 0.25) is 0 Å². The van der Waals surface area contributed by atoms with Crippen LogP contribution in [-0.2, 0) is 0 Å². The summed E-state index contributed by atoms with van der Waals surface area (Å²) in [6.07, 6.45) is 0. The van der Waals surface area contributed by atoms with E-state index in [1.54, 1.807) is 0 Å². The molecule has 2 N–H and O–H groups in total. The van der Waals surface area contributed by atoms with Crippen LogP contribution < -0.4 is 10.5 Å². The highest BCUT2D eigenvalue weighted by Crippen LogP contribution is 2.39. The van der Waals surface area contributed by atoms with Crippen molar-refractivity contribution < 1.29 is 13.5 Å². The molecule has 0 saturated carbocycles. The summed E-state index contributed by atoms with van der Waals surface area (Å²) in [6.45, 7) is -2.92. The van der Waals surface area contributed by atoms with E-state index in [0.717, 1.165) is 0 Å². The van der Waals surface area contributed by atoms with Crippen LogP contribution >= 0.6 is 38.9 Å². The lowest BCUT2D eigenvalue weighted by Gasteiger charge is -2.09. The molecule has 0 radical (unpaired) electrons. The number of aromatic nitrogens is 1. The number of anilines is 1. The number of nitrogen functional groups attached to an aromatic ring is 1. The van der Waals surface area contributed by atoms with Gasteiger partial charge < -0.3 is 10.5 Å². The van der Waals surface area contributed by atoms with E-state index < -0.39 is 6.61 Å². The molecule has 1 aromatic carbocycles. The van der Waals surface area contributed by atoms with Gasteiger partial charge in [-0.25, -0.2) is 4.98 Å². The maximum absolute atomic E-state index is 12.3. The first-order valence-corrected chi connectivity index (χ1v) is 6.62. The lowest BCUT2D eigenvalue weighted by molar-refractivity contribution is -0.0494. The summed E-state index contributed by atoms with van der Waals surface area (Å²) >= 11 is 10.2. The second kappa shape index (κ2) is 5.38. The lowest BCUT2D eigenvalue weighted by atomic mass is 10.1. The van der Waals surface area contributed by atoms with Crippen molar-refractivity contribution in [1.29, 1.82) is 0 Å². The molecule has 0 aliphatic heterocycles. The smallest absolute Gasteiger partial charge is 0.387 e. The quantitative estimate of drug-likeness (QED) is 0.887. The molecule has 0 aliphatic carbocycles. The van der Waals surface area contributed by atoms with Gasteiger partial charge in [0.25, 0.3) is 0 Å². The van der Waals surface area contributed by atoms with Crippen LogP contribution in [0.5, 0.6) is 5.75 Å². The molecule has 96 valence electrons. The maximum atomic E-state index is 12.3. The standard InChI is InChI=1S/C10H6BrClF2N2OS/c11-9-16-7(8(15)18-9)5-3-4(12)1-2-6(5)17-10(13)14/h1-3,10H,15H2. The molecule has 0 aliphatic rings. The second-order valence-electron chi connectivity index (χ2n) is 3.20. The fourth-order valence-electron chi connectivity index (χ4n) is 1.38. The zero-order valence-corrected chi connectivity index (χ0v) is 11.8. The molecule has 2 rings (SSSR count). The first kappa shape index (κ1) is 13.5. The third-order valence-corrected chi connectivity index (χ3v) is 3.61. The van der Waals surface area contributed by atoms with Gasteiger partial charge in [-0.3, -0.25) is 0 Å². The fourth-order valence-corrected chi connectivity index (χ4v) is 2.83. The molecule has 8 heteroatoms. The third kappa shape index (κ3) is 2.90. The zero-order valence-electron chi connectivity index (χ0n) is 8.66. The highest BCUT2D eigenvalue weighted by Gasteiger charge is 2.17. The number of hydrogen-bond acceptors (Lipinski definition) is 4. The molecule has 0 unspecified atom stereocenters. The Bertz CT molecular complexity index is 579. The van der Waals surface area contributed by atoms with E-state index in [1.165, 1.54) is 29.5 Å². The Labute approximate surface area is 119 Å². The third-order valence-electron chi connectivity index (χ3n) is 2.04. The first-order valence-electron chi connectivity index (χ1n) is 4.64. The van der Waals surface area contributed by atoms with Crippen LogP contribution in [0.3, 0.4) is 0 Å².